The van der Waals surface area contributed by atoms with Crippen molar-refractivity contribution >= 4 is 16.7 Å². The molecule has 1 aliphatic heterocycles. The predicted octanol–water partition coefficient (Wildman–Crippen LogP) is 14.1. The summed E-state index contributed by atoms with van der Waals surface area (Å²) >= 11 is 0. The zero-order chi connectivity index (χ0) is 39.9. The summed E-state index contributed by atoms with van der Waals surface area (Å²) in [6.07, 6.45) is 25.9. The fourth-order valence-electron chi connectivity index (χ4n) is 8.41. The third-order valence-corrected chi connectivity index (χ3v) is 11.7. The molecule has 3 aromatic rings. The van der Waals surface area contributed by atoms with Crippen molar-refractivity contribution in [1.82, 2.24) is 5.32 Å². The van der Waals surface area contributed by atoms with Crippen LogP contribution in [0.3, 0.4) is 0 Å². The summed E-state index contributed by atoms with van der Waals surface area (Å²) in [7, 11) is 0. The molecule has 3 aliphatic rings. The Labute approximate surface area is 336 Å². The van der Waals surface area contributed by atoms with Gasteiger partial charge in [0.2, 0.25) is 0 Å². The van der Waals surface area contributed by atoms with E-state index in [1.807, 2.05) is 25.2 Å². The van der Waals surface area contributed by atoms with E-state index < -0.39 is 0 Å². The van der Waals surface area contributed by atoms with E-state index in [1.165, 1.54) is 55.7 Å². The summed E-state index contributed by atoms with van der Waals surface area (Å²) in [4.78, 5) is 0. The van der Waals surface area contributed by atoms with Gasteiger partial charge in [0.1, 0.15) is 0 Å². The lowest BCUT2D eigenvalue weighted by atomic mass is 9.73. The molecule has 0 amide bonds. The average Bonchev–Trinajstić information content (AvgIpc) is 3.22. The van der Waals surface area contributed by atoms with E-state index in [2.05, 4.69) is 182 Å². The maximum absolute atomic E-state index is 6.81. The Kier molecular flexibility index (Phi) is 12.6. The van der Waals surface area contributed by atoms with Crippen molar-refractivity contribution < 1.29 is 0 Å². The van der Waals surface area contributed by atoms with Crippen LogP contribution in [0.1, 0.15) is 107 Å². The van der Waals surface area contributed by atoms with E-state index in [0.29, 0.717) is 17.5 Å². The summed E-state index contributed by atoms with van der Waals surface area (Å²) in [6, 6.07) is 26.7. The first-order valence-electron chi connectivity index (χ1n) is 20.1. The minimum Gasteiger partial charge on any atom is -0.398 e. The van der Waals surface area contributed by atoms with Gasteiger partial charge in [-0.15, -0.1) is 0 Å². The van der Waals surface area contributed by atoms with Crippen LogP contribution in [0, 0.1) is 6.92 Å². The number of aryl methyl sites for hydroxylation is 1. The lowest BCUT2D eigenvalue weighted by Gasteiger charge is -2.31. The number of hydrogen-bond donors (Lipinski definition) is 2. The van der Waals surface area contributed by atoms with E-state index in [0.717, 1.165) is 52.0 Å². The third-order valence-electron chi connectivity index (χ3n) is 11.7. The average molecular weight is 735 g/mol. The number of benzene rings is 3. The SMILES string of the molecule is C=CC(=C(N)\C=C/C)/C1=C(C)/C(/C=C(\C)c2ccc(C3=CCC4C(C)=C3/C=C\C(C)c3ccccc34)cc2)=C(/CC)N\C=C\C=C(C)/C(c2ccccc2C)=C\1. The minimum absolute atomic E-state index is 0.380. The molecular weight excluding hydrogens is 677 g/mol. The van der Waals surface area contributed by atoms with Crippen LogP contribution in [0.5, 0.6) is 0 Å². The van der Waals surface area contributed by atoms with E-state index >= 15 is 0 Å². The molecule has 56 heavy (non-hydrogen) atoms. The normalized spacial score (nSPS) is 25.2. The maximum Gasteiger partial charge on any atom is 0.0390 e. The van der Waals surface area contributed by atoms with Crippen molar-refractivity contribution in [3.63, 3.8) is 0 Å². The third kappa shape index (κ3) is 8.21. The minimum atomic E-state index is 0.380. The lowest BCUT2D eigenvalue weighted by molar-refractivity contribution is 0.763. The number of fused-ring (bicyclic) bond motifs is 3. The van der Waals surface area contributed by atoms with Crippen LogP contribution in [-0.4, -0.2) is 0 Å². The van der Waals surface area contributed by atoms with Crippen LogP contribution in [-0.2, 0) is 0 Å². The molecule has 2 atom stereocenters. The molecule has 2 aliphatic carbocycles. The van der Waals surface area contributed by atoms with Gasteiger partial charge in [0.15, 0.2) is 0 Å². The Morgan fingerprint density at radius 1 is 0.929 bits per heavy atom. The quantitative estimate of drug-likeness (QED) is 0.226. The summed E-state index contributed by atoms with van der Waals surface area (Å²) < 4.78 is 0. The van der Waals surface area contributed by atoms with Crippen LogP contribution < -0.4 is 11.1 Å². The van der Waals surface area contributed by atoms with Crippen LogP contribution >= 0.6 is 0 Å². The molecule has 0 saturated heterocycles. The highest BCUT2D eigenvalue weighted by atomic mass is 14.8. The second-order valence-electron chi connectivity index (χ2n) is 15.3. The number of allylic oxidation sites excluding steroid dienone is 21. The Morgan fingerprint density at radius 2 is 1.64 bits per heavy atom. The second kappa shape index (κ2) is 17.7. The molecular formula is C54H58N2. The first kappa shape index (κ1) is 39.8. The van der Waals surface area contributed by atoms with E-state index in [-0.39, 0.29) is 0 Å². The van der Waals surface area contributed by atoms with Crippen molar-refractivity contribution in [3.8, 4) is 0 Å². The van der Waals surface area contributed by atoms with Gasteiger partial charge in [-0.2, -0.15) is 0 Å². The zero-order valence-electron chi connectivity index (χ0n) is 34.6. The molecule has 3 N–H and O–H groups in total. The molecule has 0 radical (unpaired) electrons. The zero-order valence-corrected chi connectivity index (χ0v) is 34.6. The van der Waals surface area contributed by atoms with Gasteiger partial charge < -0.3 is 11.1 Å². The highest BCUT2D eigenvalue weighted by Crippen LogP contribution is 2.45. The summed E-state index contributed by atoms with van der Waals surface area (Å²) in [5.74, 6) is 0.798. The van der Waals surface area contributed by atoms with Gasteiger partial charge in [0.25, 0.3) is 0 Å². The molecule has 2 bridgehead atoms. The van der Waals surface area contributed by atoms with Gasteiger partial charge in [0.05, 0.1) is 0 Å². The van der Waals surface area contributed by atoms with Crippen LogP contribution in [0.25, 0.3) is 16.7 Å². The number of hydrogen-bond acceptors (Lipinski definition) is 2. The van der Waals surface area contributed by atoms with Crippen molar-refractivity contribution in [1.29, 1.82) is 0 Å². The lowest BCUT2D eigenvalue weighted by Crippen LogP contribution is -2.13. The van der Waals surface area contributed by atoms with Crippen molar-refractivity contribution in [2.24, 2.45) is 5.73 Å². The smallest absolute Gasteiger partial charge is 0.0390 e. The predicted molar refractivity (Wildman–Crippen MR) is 244 cm³/mol. The van der Waals surface area contributed by atoms with Crippen molar-refractivity contribution in [3.05, 3.63) is 230 Å². The molecule has 3 aromatic carbocycles. The molecule has 6 rings (SSSR count). The molecule has 2 heteroatoms. The Morgan fingerprint density at radius 3 is 2.34 bits per heavy atom. The van der Waals surface area contributed by atoms with Gasteiger partial charge in [-0.3, -0.25) is 0 Å². The van der Waals surface area contributed by atoms with Gasteiger partial charge in [-0.25, -0.2) is 0 Å². The largest absolute Gasteiger partial charge is 0.398 e. The van der Waals surface area contributed by atoms with Crippen LogP contribution in [0.2, 0.25) is 0 Å². The summed E-state index contributed by atoms with van der Waals surface area (Å²) in [6.45, 7) is 21.9. The van der Waals surface area contributed by atoms with Gasteiger partial charge in [0, 0.05) is 29.1 Å². The summed E-state index contributed by atoms with van der Waals surface area (Å²) in [5.41, 5.74) is 28.2. The fourth-order valence-corrected chi connectivity index (χ4v) is 8.41. The molecule has 0 saturated carbocycles. The maximum atomic E-state index is 6.81. The first-order valence-corrected chi connectivity index (χ1v) is 20.1. The standard InChI is InChI=1S/C54H58N2/c1-10-18-53(55)43(11-2)51-34-50(45-22-14-13-19-35(45)4)36(5)20-17-32-56-54(12-3)52(40(51)9)33-38(7)41-25-27-42(28-26-41)48-31-30-47-39(8)46(48)29-24-37(6)44-21-15-16-23-49(44)47/h10-11,13-29,31-34,37,47,56H,2,12,30,55H2,1,3-9H3/b18-10-,29-24-,32-17+,36-20-,38-33+,50-34+,51-40+,53-43-,54-52-. The number of nitrogens with two attached hydrogens (primary N) is 1. The van der Waals surface area contributed by atoms with E-state index in [4.69, 9.17) is 5.73 Å². The molecule has 0 fully saturated rings. The van der Waals surface area contributed by atoms with Crippen molar-refractivity contribution in [2.75, 3.05) is 0 Å². The molecule has 0 aromatic heterocycles. The van der Waals surface area contributed by atoms with Gasteiger partial charge in [-0.05, 0) is 163 Å². The van der Waals surface area contributed by atoms with Gasteiger partial charge >= 0.3 is 0 Å². The Bertz CT molecular complexity index is 2370. The van der Waals surface area contributed by atoms with E-state index in [9.17, 15) is 0 Å². The van der Waals surface area contributed by atoms with Crippen molar-refractivity contribution in [2.45, 2.75) is 80.1 Å². The van der Waals surface area contributed by atoms with E-state index in [1.54, 1.807) is 0 Å². The second-order valence-corrected chi connectivity index (χ2v) is 15.3. The Balaban J connectivity index is 1.46. The Hall–Kier alpha value is -5.86. The molecule has 1 heterocycles. The molecule has 2 nitrogen and oxygen atoms in total. The molecule has 284 valence electrons. The molecule has 2 unspecified atom stereocenters. The number of rotatable bonds is 8. The van der Waals surface area contributed by atoms with Gasteiger partial charge in [-0.1, -0.05) is 135 Å². The van der Waals surface area contributed by atoms with Crippen LogP contribution in [0.4, 0.5) is 0 Å². The number of nitrogens with one attached hydrogen (secondary N) is 1. The highest BCUT2D eigenvalue weighted by molar-refractivity contribution is 5.86. The highest BCUT2D eigenvalue weighted by Gasteiger charge is 2.27. The van der Waals surface area contributed by atoms with Crippen LogP contribution in [0.15, 0.2) is 197 Å². The summed E-state index contributed by atoms with van der Waals surface area (Å²) in [5, 5.41) is 3.66. The fraction of sp³-hybridized carbons (Fsp3) is 0.222. The topological polar surface area (TPSA) is 38.0 Å². The monoisotopic (exact) mass is 734 g/mol. The molecule has 0 spiro atoms. The first-order chi connectivity index (χ1) is 27.1.